The van der Waals surface area contributed by atoms with Gasteiger partial charge in [-0.05, 0) is 54.7 Å². The Bertz CT molecular complexity index is 934. The molecule has 0 fully saturated rings. The molecule has 3 heteroatoms. The minimum Gasteiger partial charge on any atom is -0.488 e. The molecule has 0 aliphatic carbocycles. The van der Waals surface area contributed by atoms with E-state index in [1.165, 1.54) is 11.1 Å². The molecule has 0 saturated heterocycles. The summed E-state index contributed by atoms with van der Waals surface area (Å²) in [5.74, 6) is 0.479. The lowest BCUT2D eigenvalue weighted by Gasteiger charge is -2.20. The standard InChI is InChI=1S/C25H27NO2/c1-4-23(21-15-14-18(2)19(3)16-21)26-25(27)22-12-8-9-13-24(22)28-17-20-10-6-5-7-11-20/h5-16,23H,4,17H2,1-3H3,(H,26,27)/t23-/m0/s1. The molecule has 0 aliphatic heterocycles. The number of rotatable bonds is 7. The summed E-state index contributed by atoms with van der Waals surface area (Å²) in [5.41, 5.74) is 5.24. The summed E-state index contributed by atoms with van der Waals surface area (Å²) >= 11 is 0. The Morgan fingerprint density at radius 2 is 1.64 bits per heavy atom. The van der Waals surface area contributed by atoms with Gasteiger partial charge < -0.3 is 10.1 Å². The Balaban J connectivity index is 1.75. The summed E-state index contributed by atoms with van der Waals surface area (Å²) in [7, 11) is 0. The van der Waals surface area contributed by atoms with E-state index in [2.05, 4.69) is 44.3 Å². The molecule has 1 N–H and O–H groups in total. The van der Waals surface area contributed by atoms with E-state index in [9.17, 15) is 4.79 Å². The van der Waals surface area contributed by atoms with Gasteiger partial charge in [-0.15, -0.1) is 0 Å². The summed E-state index contributed by atoms with van der Waals surface area (Å²) < 4.78 is 5.94. The first-order chi connectivity index (χ1) is 13.6. The third-order valence-corrected chi connectivity index (χ3v) is 5.02. The minimum atomic E-state index is -0.117. The maximum Gasteiger partial charge on any atom is 0.255 e. The Hall–Kier alpha value is -3.07. The fourth-order valence-electron chi connectivity index (χ4n) is 3.15. The van der Waals surface area contributed by atoms with Crippen LogP contribution in [0.2, 0.25) is 0 Å². The van der Waals surface area contributed by atoms with E-state index in [-0.39, 0.29) is 11.9 Å². The van der Waals surface area contributed by atoms with Crippen molar-refractivity contribution in [1.82, 2.24) is 5.32 Å². The van der Waals surface area contributed by atoms with Gasteiger partial charge in [0.05, 0.1) is 11.6 Å². The van der Waals surface area contributed by atoms with Gasteiger partial charge >= 0.3 is 0 Å². The summed E-state index contributed by atoms with van der Waals surface area (Å²) in [6, 6.07) is 23.7. The minimum absolute atomic E-state index is 0.0334. The molecule has 0 saturated carbocycles. The highest BCUT2D eigenvalue weighted by molar-refractivity contribution is 5.97. The van der Waals surface area contributed by atoms with Crippen molar-refractivity contribution in [3.05, 3.63) is 101 Å². The number of hydrogen-bond acceptors (Lipinski definition) is 2. The average molecular weight is 373 g/mol. The number of carbonyl (C=O) groups excluding carboxylic acids is 1. The number of aryl methyl sites for hydroxylation is 2. The molecule has 3 aromatic rings. The molecule has 0 bridgehead atoms. The van der Waals surface area contributed by atoms with Crippen LogP contribution in [0.4, 0.5) is 0 Å². The van der Waals surface area contributed by atoms with E-state index in [0.717, 1.165) is 17.5 Å². The summed E-state index contributed by atoms with van der Waals surface area (Å²) in [4.78, 5) is 13.0. The van der Waals surface area contributed by atoms with Crippen molar-refractivity contribution in [2.75, 3.05) is 0 Å². The van der Waals surface area contributed by atoms with Crippen molar-refractivity contribution in [1.29, 1.82) is 0 Å². The molecule has 0 aromatic heterocycles. The molecule has 3 nitrogen and oxygen atoms in total. The van der Waals surface area contributed by atoms with Crippen molar-refractivity contribution < 1.29 is 9.53 Å². The average Bonchev–Trinajstić information content (AvgIpc) is 2.73. The second-order valence-corrected chi connectivity index (χ2v) is 7.05. The van der Waals surface area contributed by atoms with Crippen LogP contribution < -0.4 is 10.1 Å². The molecule has 0 heterocycles. The van der Waals surface area contributed by atoms with Gasteiger partial charge in [0.15, 0.2) is 0 Å². The maximum absolute atomic E-state index is 13.0. The molecule has 1 atom stereocenters. The van der Waals surface area contributed by atoms with E-state index < -0.39 is 0 Å². The summed E-state index contributed by atoms with van der Waals surface area (Å²) in [5, 5.41) is 3.17. The van der Waals surface area contributed by atoms with Gasteiger partial charge in [-0.3, -0.25) is 4.79 Å². The van der Waals surface area contributed by atoms with Crippen LogP contribution in [0.15, 0.2) is 72.8 Å². The number of carbonyl (C=O) groups is 1. The quantitative estimate of drug-likeness (QED) is 0.571. The Morgan fingerprint density at radius 1 is 0.929 bits per heavy atom. The summed E-state index contributed by atoms with van der Waals surface area (Å²) in [6.45, 7) is 6.70. The van der Waals surface area contributed by atoms with Gasteiger partial charge in [-0.2, -0.15) is 0 Å². The first kappa shape index (κ1) is 19.7. The van der Waals surface area contributed by atoms with Crippen molar-refractivity contribution in [2.45, 2.75) is 39.8 Å². The first-order valence-corrected chi connectivity index (χ1v) is 9.72. The second kappa shape index (κ2) is 9.23. The second-order valence-electron chi connectivity index (χ2n) is 7.05. The predicted octanol–water partition coefficient (Wildman–Crippen LogP) is 5.76. The molecule has 3 rings (SSSR count). The Morgan fingerprint density at radius 3 is 2.36 bits per heavy atom. The lowest BCUT2D eigenvalue weighted by molar-refractivity contribution is 0.0931. The van der Waals surface area contributed by atoms with Gasteiger partial charge in [-0.25, -0.2) is 0 Å². The smallest absolute Gasteiger partial charge is 0.255 e. The van der Waals surface area contributed by atoms with Gasteiger partial charge in [0.1, 0.15) is 12.4 Å². The normalized spacial score (nSPS) is 11.7. The van der Waals surface area contributed by atoms with Gasteiger partial charge in [0, 0.05) is 0 Å². The van der Waals surface area contributed by atoms with Crippen molar-refractivity contribution in [3.8, 4) is 5.75 Å². The molecule has 0 unspecified atom stereocenters. The zero-order chi connectivity index (χ0) is 19.9. The van der Waals surface area contributed by atoms with Crippen LogP contribution in [0.3, 0.4) is 0 Å². The SMILES string of the molecule is CC[C@H](NC(=O)c1ccccc1OCc1ccccc1)c1ccc(C)c(C)c1. The molecular formula is C25H27NO2. The molecular weight excluding hydrogens is 346 g/mol. The number of ether oxygens (including phenoxy) is 1. The number of benzene rings is 3. The highest BCUT2D eigenvalue weighted by Gasteiger charge is 2.17. The van der Waals surface area contributed by atoms with Crippen LogP contribution in [-0.2, 0) is 6.61 Å². The lowest BCUT2D eigenvalue weighted by atomic mass is 9.99. The molecule has 0 spiro atoms. The lowest BCUT2D eigenvalue weighted by Crippen LogP contribution is -2.28. The molecule has 0 radical (unpaired) electrons. The van der Waals surface area contributed by atoms with Crippen LogP contribution in [-0.4, -0.2) is 5.91 Å². The monoisotopic (exact) mass is 373 g/mol. The van der Waals surface area contributed by atoms with Crippen LogP contribution >= 0.6 is 0 Å². The van der Waals surface area contributed by atoms with Gasteiger partial charge in [-0.1, -0.05) is 67.6 Å². The van der Waals surface area contributed by atoms with Crippen molar-refractivity contribution >= 4 is 5.91 Å². The predicted molar refractivity (Wildman–Crippen MR) is 114 cm³/mol. The number of para-hydroxylation sites is 1. The van der Waals surface area contributed by atoms with Crippen molar-refractivity contribution in [2.24, 2.45) is 0 Å². The molecule has 144 valence electrons. The molecule has 28 heavy (non-hydrogen) atoms. The van der Waals surface area contributed by atoms with Crippen LogP contribution in [0.5, 0.6) is 5.75 Å². The van der Waals surface area contributed by atoms with Crippen molar-refractivity contribution in [3.63, 3.8) is 0 Å². The fraction of sp³-hybridized carbons (Fsp3) is 0.240. The van der Waals surface area contributed by atoms with E-state index in [1.54, 1.807) is 0 Å². The number of hydrogen-bond donors (Lipinski definition) is 1. The van der Waals surface area contributed by atoms with E-state index >= 15 is 0 Å². The van der Waals surface area contributed by atoms with Gasteiger partial charge in [0.2, 0.25) is 0 Å². The van der Waals surface area contributed by atoms with E-state index in [4.69, 9.17) is 4.74 Å². The van der Waals surface area contributed by atoms with Crippen LogP contribution in [0, 0.1) is 13.8 Å². The topological polar surface area (TPSA) is 38.3 Å². The Kier molecular flexibility index (Phi) is 6.49. The highest BCUT2D eigenvalue weighted by atomic mass is 16.5. The van der Waals surface area contributed by atoms with E-state index in [0.29, 0.717) is 17.9 Å². The zero-order valence-corrected chi connectivity index (χ0v) is 16.7. The van der Waals surface area contributed by atoms with Crippen LogP contribution in [0.1, 0.15) is 52.0 Å². The fourth-order valence-corrected chi connectivity index (χ4v) is 3.15. The third-order valence-electron chi connectivity index (χ3n) is 5.02. The van der Waals surface area contributed by atoms with E-state index in [1.807, 2.05) is 54.6 Å². The Labute approximate surface area is 167 Å². The maximum atomic E-state index is 13.0. The zero-order valence-electron chi connectivity index (χ0n) is 16.7. The molecule has 3 aromatic carbocycles. The molecule has 0 aliphatic rings. The van der Waals surface area contributed by atoms with Crippen LogP contribution in [0.25, 0.3) is 0 Å². The number of nitrogens with one attached hydrogen (secondary N) is 1. The van der Waals surface area contributed by atoms with Gasteiger partial charge in [0.25, 0.3) is 5.91 Å². The summed E-state index contributed by atoms with van der Waals surface area (Å²) in [6.07, 6.45) is 0.821. The first-order valence-electron chi connectivity index (χ1n) is 9.72. The molecule has 1 amide bonds. The largest absolute Gasteiger partial charge is 0.488 e. The third kappa shape index (κ3) is 4.80. The highest BCUT2D eigenvalue weighted by Crippen LogP contribution is 2.23. The number of amides is 1.